The monoisotopic (exact) mass is 292 g/mol. The third kappa shape index (κ3) is 2.85. The number of rotatable bonds is 3. The topological polar surface area (TPSA) is 81.1 Å². The molecule has 6 nitrogen and oxygen atoms in total. The molecule has 1 aromatic carbocycles. The summed E-state index contributed by atoms with van der Waals surface area (Å²) < 4.78 is 0. The Morgan fingerprint density at radius 2 is 1.90 bits per heavy atom. The summed E-state index contributed by atoms with van der Waals surface area (Å²) in [7, 11) is 1.75. The fourth-order valence-electron chi connectivity index (χ4n) is 2.49. The van der Waals surface area contributed by atoms with Crippen molar-refractivity contribution in [1.29, 1.82) is 0 Å². The van der Waals surface area contributed by atoms with Crippen LogP contribution >= 0.6 is 0 Å². The first kappa shape index (κ1) is 15.3. The Balaban J connectivity index is 2.15. The van der Waals surface area contributed by atoms with Crippen molar-refractivity contribution in [2.75, 3.05) is 26.7 Å². The van der Waals surface area contributed by atoms with Gasteiger partial charge in [-0.15, -0.1) is 0 Å². The zero-order valence-electron chi connectivity index (χ0n) is 12.5. The van der Waals surface area contributed by atoms with E-state index in [4.69, 9.17) is 0 Å². The highest BCUT2D eigenvalue weighted by atomic mass is 16.3. The summed E-state index contributed by atoms with van der Waals surface area (Å²) in [6, 6.07) is 3.98. The number of benzene rings is 1. The molecule has 0 bridgehead atoms. The lowest BCUT2D eigenvalue weighted by molar-refractivity contribution is -0.146. The molecule has 0 spiro atoms. The highest BCUT2D eigenvalue weighted by Crippen LogP contribution is 2.26. The van der Waals surface area contributed by atoms with E-state index in [1.54, 1.807) is 25.8 Å². The Labute approximate surface area is 123 Å². The number of hydrogen-bond acceptors (Lipinski definition) is 5. The first-order valence-electron chi connectivity index (χ1n) is 6.79. The molecule has 1 aliphatic heterocycles. The summed E-state index contributed by atoms with van der Waals surface area (Å²) >= 11 is 0. The molecular formula is C15H20N2O4. The molecule has 114 valence electrons. The largest absolute Gasteiger partial charge is 0.504 e. The minimum atomic E-state index is -0.735. The third-order valence-corrected chi connectivity index (χ3v) is 4.00. The predicted molar refractivity (Wildman–Crippen MR) is 77.4 cm³/mol. The molecule has 21 heavy (non-hydrogen) atoms. The Bertz CT molecular complexity index is 583. The van der Waals surface area contributed by atoms with Crippen molar-refractivity contribution in [2.45, 2.75) is 19.4 Å². The Morgan fingerprint density at radius 3 is 2.52 bits per heavy atom. The Hall–Kier alpha value is -2.08. The molecule has 0 atom stereocenters. The van der Waals surface area contributed by atoms with Gasteiger partial charge in [0.1, 0.15) is 0 Å². The van der Waals surface area contributed by atoms with Crippen molar-refractivity contribution in [1.82, 2.24) is 9.80 Å². The number of carbonyl (C=O) groups excluding carboxylic acids is 2. The lowest BCUT2D eigenvalue weighted by Crippen LogP contribution is -2.62. The lowest BCUT2D eigenvalue weighted by Gasteiger charge is -2.44. The zero-order valence-corrected chi connectivity index (χ0v) is 12.5. The van der Waals surface area contributed by atoms with E-state index >= 15 is 0 Å². The summed E-state index contributed by atoms with van der Waals surface area (Å²) in [5.74, 6) is -0.804. The van der Waals surface area contributed by atoms with E-state index in [9.17, 15) is 19.8 Å². The van der Waals surface area contributed by atoms with Gasteiger partial charge in [0.2, 0.25) is 5.91 Å². The van der Waals surface area contributed by atoms with E-state index in [0.717, 1.165) is 0 Å². The highest BCUT2D eigenvalue weighted by Gasteiger charge is 2.41. The van der Waals surface area contributed by atoms with Crippen LogP contribution in [0.1, 0.15) is 24.2 Å². The molecule has 1 aromatic rings. The van der Waals surface area contributed by atoms with E-state index in [1.165, 1.54) is 18.2 Å². The molecule has 0 aromatic heterocycles. The van der Waals surface area contributed by atoms with Crippen LogP contribution in [-0.2, 0) is 4.79 Å². The van der Waals surface area contributed by atoms with Crippen molar-refractivity contribution in [3.8, 4) is 11.5 Å². The molecule has 0 unspecified atom stereocenters. The summed E-state index contributed by atoms with van der Waals surface area (Å²) in [4.78, 5) is 28.0. The van der Waals surface area contributed by atoms with Crippen LogP contribution in [-0.4, -0.2) is 63.9 Å². The number of Topliss-reactive ketones (excluding diaryl/α,β-unsaturated/α-hetero) is 1. The number of nitrogens with zero attached hydrogens (tertiary/aromatic N) is 2. The van der Waals surface area contributed by atoms with E-state index in [0.29, 0.717) is 18.7 Å². The van der Waals surface area contributed by atoms with Crippen LogP contribution in [0.2, 0.25) is 0 Å². The van der Waals surface area contributed by atoms with E-state index in [-0.39, 0.29) is 29.7 Å². The number of aromatic hydroxyl groups is 2. The van der Waals surface area contributed by atoms with Crippen molar-refractivity contribution in [3.63, 3.8) is 0 Å². The fraction of sp³-hybridized carbons (Fsp3) is 0.467. The Morgan fingerprint density at radius 1 is 1.24 bits per heavy atom. The van der Waals surface area contributed by atoms with Gasteiger partial charge in [0.15, 0.2) is 17.3 Å². The summed E-state index contributed by atoms with van der Waals surface area (Å²) in [6.07, 6.45) is 0. The van der Waals surface area contributed by atoms with E-state index < -0.39 is 5.54 Å². The highest BCUT2D eigenvalue weighted by molar-refractivity contribution is 5.99. The molecule has 0 aliphatic carbocycles. The Kier molecular flexibility index (Phi) is 3.91. The van der Waals surface area contributed by atoms with Gasteiger partial charge >= 0.3 is 0 Å². The molecule has 2 N–H and O–H groups in total. The molecule has 6 heteroatoms. The van der Waals surface area contributed by atoms with Crippen LogP contribution in [0.3, 0.4) is 0 Å². The fourth-order valence-corrected chi connectivity index (χ4v) is 2.49. The van der Waals surface area contributed by atoms with Crippen LogP contribution in [0.4, 0.5) is 0 Å². The van der Waals surface area contributed by atoms with Gasteiger partial charge in [0.05, 0.1) is 12.1 Å². The number of ketones is 1. The van der Waals surface area contributed by atoms with Gasteiger partial charge in [0.25, 0.3) is 0 Å². The van der Waals surface area contributed by atoms with Crippen molar-refractivity contribution in [3.05, 3.63) is 23.8 Å². The smallest absolute Gasteiger partial charge is 0.242 e. The molecule has 1 aliphatic rings. The first-order chi connectivity index (χ1) is 9.73. The zero-order chi connectivity index (χ0) is 15.8. The van der Waals surface area contributed by atoms with Crippen molar-refractivity contribution in [2.24, 2.45) is 0 Å². The maximum Gasteiger partial charge on any atom is 0.242 e. The van der Waals surface area contributed by atoms with Gasteiger partial charge in [-0.3, -0.25) is 14.5 Å². The average molecular weight is 292 g/mol. The van der Waals surface area contributed by atoms with Crippen LogP contribution in [0.5, 0.6) is 11.5 Å². The third-order valence-electron chi connectivity index (χ3n) is 4.00. The van der Waals surface area contributed by atoms with Crippen LogP contribution in [0.15, 0.2) is 18.2 Å². The summed E-state index contributed by atoms with van der Waals surface area (Å²) in [5.41, 5.74) is -0.422. The molecule has 1 heterocycles. The summed E-state index contributed by atoms with van der Waals surface area (Å²) in [5, 5.41) is 18.7. The average Bonchev–Trinajstić information content (AvgIpc) is 2.43. The number of likely N-dealkylation sites (N-methyl/N-ethyl adjacent to an activating group) is 1. The van der Waals surface area contributed by atoms with Gasteiger partial charge < -0.3 is 15.1 Å². The number of hydrogen-bond donors (Lipinski definition) is 2. The normalized spacial score (nSPS) is 18.8. The molecule has 0 saturated carbocycles. The quantitative estimate of drug-likeness (QED) is 0.637. The lowest BCUT2D eigenvalue weighted by atomic mass is 9.96. The van der Waals surface area contributed by atoms with Crippen molar-refractivity contribution < 1.29 is 19.8 Å². The van der Waals surface area contributed by atoms with E-state index in [1.807, 2.05) is 4.90 Å². The summed E-state index contributed by atoms with van der Waals surface area (Å²) in [6.45, 7) is 4.89. The SMILES string of the molecule is CN1CCN(CC(=O)c2ccc(O)c(O)c2)C(C)(C)C1=O. The number of phenols is 2. The van der Waals surface area contributed by atoms with E-state index in [2.05, 4.69) is 0 Å². The number of piperazine rings is 1. The van der Waals surface area contributed by atoms with Crippen LogP contribution < -0.4 is 0 Å². The van der Waals surface area contributed by atoms with Gasteiger partial charge in [0, 0.05) is 25.7 Å². The number of carbonyl (C=O) groups is 2. The second kappa shape index (κ2) is 5.37. The van der Waals surface area contributed by atoms with Gasteiger partial charge in [-0.05, 0) is 32.0 Å². The molecule has 0 radical (unpaired) electrons. The van der Waals surface area contributed by atoms with Gasteiger partial charge in [-0.2, -0.15) is 0 Å². The predicted octanol–water partition coefficient (Wildman–Crippen LogP) is 0.833. The molecule has 2 rings (SSSR count). The second-order valence-corrected chi connectivity index (χ2v) is 5.83. The maximum atomic E-state index is 12.3. The molecule has 1 fully saturated rings. The number of phenolic OH excluding ortho intramolecular Hbond substituents is 2. The van der Waals surface area contributed by atoms with Crippen LogP contribution in [0.25, 0.3) is 0 Å². The van der Waals surface area contributed by atoms with Gasteiger partial charge in [-0.25, -0.2) is 0 Å². The first-order valence-corrected chi connectivity index (χ1v) is 6.79. The van der Waals surface area contributed by atoms with Crippen molar-refractivity contribution >= 4 is 11.7 Å². The number of amides is 1. The maximum absolute atomic E-state index is 12.3. The molecular weight excluding hydrogens is 272 g/mol. The second-order valence-electron chi connectivity index (χ2n) is 5.83. The van der Waals surface area contributed by atoms with Crippen LogP contribution in [0, 0.1) is 0 Å². The molecule has 1 saturated heterocycles. The standard InChI is InChI=1S/C15H20N2O4/c1-15(2)14(21)16(3)6-7-17(15)9-13(20)10-4-5-11(18)12(19)8-10/h4-5,8,18-19H,6-7,9H2,1-3H3. The minimum absolute atomic E-state index is 0.0184. The van der Waals surface area contributed by atoms with Gasteiger partial charge in [-0.1, -0.05) is 0 Å². The molecule has 1 amide bonds. The minimum Gasteiger partial charge on any atom is -0.504 e.